The van der Waals surface area contributed by atoms with Crippen molar-refractivity contribution in [2.45, 2.75) is 31.4 Å². The number of nitriles is 1. The van der Waals surface area contributed by atoms with Crippen molar-refractivity contribution in [3.8, 4) is 6.07 Å². The molecule has 0 saturated carbocycles. The van der Waals surface area contributed by atoms with Gasteiger partial charge in [0.25, 0.3) is 5.91 Å². The standard InChI is InChI=1S/C21H23N5O3/c22-13-16-2-1-7-24-20(16)25-17-6-11-29-19(17)14-4-9-26(10-5-14)21(28)15-3-8-23-18(27)12-15/h1-3,7-8,12,14,17,19H,4-6,9-11H2,(H,23,27)(H,24,25)/t17-,19+/m1/s1. The van der Waals surface area contributed by atoms with Gasteiger partial charge in [-0.1, -0.05) is 0 Å². The van der Waals surface area contributed by atoms with Crippen molar-refractivity contribution < 1.29 is 9.53 Å². The second kappa shape index (κ2) is 8.45. The molecule has 29 heavy (non-hydrogen) atoms. The number of rotatable bonds is 4. The Bertz CT molecular complexity index is 975. The Morgan fingerprint density at radius 1 is 1.31 bits per heavy atom. The van der Waals surface area contributed by atoms with Crippen molar-refractivity contribution in [3.05, 3.63) is 58.1 Å². The summed E-state index contributed by atoms with van der Waals surface area (Å²) in [6.45, 7) is 1.94. The SMILES string of the molecule is N#Cc1cccnc1N[C@@H]1CCO[C@H]1C1CCN(C(=O)c2cc[nH]c(=O)c2)CC1. The van der Waals surface area contributed by atoms with Gasteiger partial charge in [-0.3, -0.25) is 9.59 Å². The molecular weight excluding hydrogens is 370 g/mol. The number of anilines is 1. The normalized spacial score (nSPS) is 22.2. The summed E-state index contributed by atoms with van der Waals surface area (Å²) in [6, 6.07) is 8.74. The van der Waals surface area contributed by atoms with Gasteiger partial charge in [-0.05, 0) is 43.4 Å². The van der Waals surface area contributed by atoms with Crippen molar-refractivity contribution in [1.29, 1.82) is 5.26 Å². The molecule has 2 aliphatic rings. The van der Waals surface area contributed by atoms with Gasteiger partial charge in [0.2, 0.25) is 5.56 Å². The van der Waals surface area contributed by atoms with Crippen LogP contribution in [0.2, 0.25) is 0 Å². The molecule has 4 rings (SSSR count). The van der Waals surface area contributed by atoms with Crippen LogP contribution in [0.4, 0.5) is 5.82 Å². The number of carbonyl (C=O) groups is 1. The minimum Gasteiger partial charge on any atom is -0.376 e. The van der Waals surface area contributed by atoms with Gasteiger partial charge >= 0.3 is 0 Å². The van der Waals surface area contributed by atoms with Crippen LogP contribution in [0.3, 0.4) is 0 Å². The number of pyridine rings is 2. The first-order valence-corrected chi connectivity index (χ1v) is 9.87. The topological polar surface area (TPSA) is 111 Å². The minimum atomic E-state index is -0.273. The second-order valence-corrected chi connectivity index (χ2v) is 7.46. The molecule has 0 radical (unpaired) electrons. The Kier molecular flexibility index (Phi) is 5.58. The van der Waals surface area contributed by atoms with Crippen LogP contribution in [0, 0.1) is 17.2 Å². The summed E-state index contributed by atoms with van der Waals surface area (Å²) in [5.41, 5.74) is 0.671. The molecule has 8 nitrogen and oxygen atoms in total. The minimum absolute atomic E-state index is 0.0281. The summed E-state index contributed by atoms with van der Waals surface area (Å²) in [6.07, 6.45) is 5.74. The van der Waals surface area contributed by atoms with E-state index in [9.17, 15) is 14.9 Å². The molecule has 2 aliphatic heterocycles. The maximum absolute atomic E-state index is 12.6. The zero-order valence-electron chi connectivity index (χ0n) is 16.0. The van der Waals surface area contributed by atoms with Crippen molar-refractivity contribution in [2.75, 3.05) is 25.0 Å². The molecule has 150 valence electrons. The zero-order valence-corrected chi connectivity index (χ0v) is 16.0. The number of amides is 1. The van der Waals surface area contributed by atoms with Crippen LogP contribution in [0.15, 0.2) is 41.5 Å². The first-order chi connectivity index (χ1) is 14.2. The monoisotopic (exact) mass is 393 g/mol. The first kappa shape index (κ1) is 19.2. The number of aromatic nitrogens is 2. The summed E-state index contributed by atoms with van der Waals surface area (Å²) >= 11 is 0. The maximum atomic E-state index is 12.6. The van der Waals surface area contributed by atoms with Gasteiger partial charge in [0.05, 0.1) is 17.7 Å². The lowest BCUT2D eigenvalue weighted by Gasteiger charge is -2.36. The molecular formula is C21H23N5O3. The Hall–Kier alpha value is -3.18. The summed E-state index contributed by atoms with van der Waals surface area (Å²) in [7, 11) is 0. The Morgan fingerprint density at radius 3 is 2.90 bits per heavy atom. The van der Waals surface area contributed by atoms with Gasteiger partial charge < -0.3 is 19.9 Å². The van der Waals surface area contributed by atoms with Crippen LogP contribution < -0.4 is 10.9 Å². The predicted octanol–water partition coefficient (Wildman–Crippen LogP) is 1.76. The van der Waals surface area contributed by atoms with E-state index in [0.717, 1.165) is 19.3 Å². The fourth-order valence-corrected chi connectivity index (χ4v) is 4.21. The van der Waals surface area contributed by atoms with Crippen LogP contribution in [0.5, 0.6) is 0 Å². The van der Waals surface area contributed by atoms with E-state index in [2.05, 4.69) is 21.4 Å². The van der Waals surface area contributed by atoms with E-state index in [1.165, 1.54) is 12.3 Å². The molecule has 2 N–H and O–H groups in total. The van der Waals surface area contributed by atoms with Gasteiger partial charge in [-0.2, -0.15) is 5.26 Å². The van der Waals surface area contributed by atoms with Crippen molar-refractivity contribution in [1.82, 2.24) is 14.9 Å². The predicted molar refractivity (Wildman–Crippen MR) is 106 cm³/mol. The summed E-state index contributed by atoms with van der Waals surface area (Å²) < 4.78 is 6.02. The van der Waals surface area contributed by atoms with Crippen LogP contribution >= 0.6 is 0 Å². The van der Waals surface area contributed by atoms with E-state index in [-0.39, 0.29) is 23.6 Å². The molecule has 0 spiro atoms. The van der Waals surface area contributed by atoms with Crippen LogP contribution in [0.25, 0.3) is 0 Å². The van der Waals surface area contributed by atoms with Gasteiger partial charge in [0.15, 0.2) is 0 Å². The number of nitrogens with zero attached hydrogens (tertiary/aromatic N) is 3. The van der Waals surface area contributed by atoms with Crippen LogP contribution in [-0.4, -0.2) is 52.6 Å². The van der Waals surface area contributed by atoms with Gasteiger partial charge in [0, 0.05) is 43.7 Å². The van der Waals surface area contributed by atoms with E-state index in [1.54, 1.807) is 29.3 Å². The molecule has 2 aromatic rings. The first-order valence-electron chi connectivity index (χ1n) is 9.87. The average Bonchev–Trinajstić information content (AvgIpc) is 3.22. The highest BCUT2D eigenvalue weighted by molar-refractivity contribution is 5.94. The summed E-state index contributed by atoms with van der Waals surface area (Å²) in [5, 5.41) is 12.7. The van der Waals surface area contributed by atoms with Gasteiger partial charge in [-0.15, -0.1) is 0 Å². The zero-order chi connectivity index (χ0) is 20.2. The molecule has 1 amide bonds. The Labute approximate surface area is 168 Å². The van der Waals surface area contributed by atoms with E-state index in [4.69, 9.17) is 4.74 Å². The number of hydrogen-bond donors (Lipinski definition) is 2. The quantitative estimate of drug-likeness (QED) is 0.819. The molecule has 0 unspecified atom stereocenters. The summed E-state index contributed by atoms with van der Waals surface area (Å²) in [4.78, 5) is 32.7. The van der Waals surface area contributed by atoms with Crippen LogP contribution in [0.1, 0.15) is 35.2 Å². The maximum Gasteiger partial charge on any atom is 0.254 e. The van der Waals surface area contributed by atoms with Crippen LogP contribution in [-0.2, 0) is 4.74 Å². The molecule has 2 saturated heterocycles. The number of piperidine rings is 1. The van der Waals surface area contributed by atoms with E-state index < -0.39 is 0 Å². The Balaban J connectivity index is 1.38. The second-order valence-electron chi connectivity index (χ2n) is 7.46. The molecule has 2 fully saturated rings. The number of hydrogen-bond acceptors (Lipinski definition) is 6. The number of H-pyrrole nitrogens is 1. The lowest BCUT2D eigenvalue weighted by atomic mass is 9.87. The van der Waals surface area contributed by atoms with E-state index in [0.29, 0.717) is 42.6 Å². The molecule has 0 bridgehead atoms. The summed E-state index contributed by atoms with van der Waals surface area (Å²) in [5.74, 6) is 0.814. The van der Waals surface area contributed by atoms with Crippen molar-refractivity contribution in [3.63, 3.8) is 0 Å². The molecule has 0 aromatic carbocycles. The van der Waals surface area contributed by atoms with Gasteiger partial charge in [-0.25, -0.2) is 4.98 Å². The van der Waals surface area contributed by atoms with E-state index >= 15 is 0 Å². The van der Waals surface area contributed by atoms with Crippen molar-refractivity contribution in [2.24, 2.45) is 5.92 Å². The molecule has 2 atom stereocenters. The van der Waals surface area contributed by atoms with E-state index in [1.807, 2.05) is 0 Å². The number of aromatic amines is 1. The Morgan fingerprint density at radius 2 is 2.14 bits per heavy atom. The fourth-order valence-electron chi connectivity index (χ4n) is 4.21. The number of ether oxygens (including phenoxy) is 1. The highest BCUT2D eigenvalue weighted by Crippen LogP contribution is 2.31. The molecule has 0 aliphatic carbocycles. The molecule has 8 heteroatoms. The number of nitrogens with one attached hydrogen (secondary N) is 2. The highest BCUT2D eigenvalue weighted by atomic mass is 16.5. The third-order valence-electron chi connectivity index (χ3n) is 5.70. The lowest BCUT2D eigenvalue weighted by molar-refractivity contribution is 0.0260. The third kappa shape index (κ3) is 4.15. The smallest absolute Gasteiger partial charge is 0.254 e. The lowest BCUT2D eigenvalue weighted by Crippen LogP contribution is -2.45. The average molecular weight is 393 g/mol. The molecule has 4 heterocycles. The van der Waals surface area contributed by atoms with Crippen molar-refractivity contribution >= 4 is 11.7 Å². The number of likely N-dealkylation sites (tertiary alicyclic amines) is 1. The third-order valence-corrected chi connectivity index (χ3v) is 5.70. The largest absolute Gasteiger partial charge is 0.376 e. The van der Waals surface area contributed by atoms with Gasteiger partial charge in [0.1, 0.15) is 11.9 Å². The number of carbonyl (C=O) groups excluding carboxylic acids is 1. The molecule has 2 aromatic heterocycles. The fraction of sp³-hybridized carbons (Fsp3) is 0.429. The highest BCUT2D eigenvalue weighted by Gasteiger charge is 2.37.